The molecule has 0 unspecified atom stereocenters. The van der Waals surface area contributed by atoms with Crippen LogP contribution in [0.1, 0.15) is 33.2 Å². The standard InChI is InChI=1S/C26H23N5O4/c27-23-22-24(29-15-28-23)31(16-30-22)20-12-11-19(14-34-25(32)17-7-3-1-4-8-17)21(13-20)35-26(33)18-9-5-2-6-10-18/h1-12,15-16,19-21H,13-14H2,(H2,27,28,29)/t19-,20-,21+/m0/s1. The predicted molar refractivity (Wildman–Crippen MR) is 128 cm³/mol. The van der Waals surface area contributed by atoms with E-state index in [4.69, 9.17) is 15.2 Å². The molecule has 2 heterocycles. The Labute approximate surface area is 201 Å². The number of esters is 2. The summed E-state index contributed by atoms with van der Waals surface area (Å²) in [5.74, 6) is -0.888. The summed E-state index contributed by atoms with van der Waals surface area (Å²) in [6.07, 6.45) is 6.83. The van der Waals surface area contributed by atoms with Crippen LogP contribution in [0.25, 0.3) is 11.2 Å². The van der Waals surface area contributed by atoms with Crippen LogP contribution in [0.3, 0.4) is 0 Å². The first-order valence-electron chi connectivity index (χ1n) is 11.2. The lowest BCUT2D eigenvalue weighted by Gasteiger charge is -2.32. The molecule has 0 fully saturated rings. The van der Waals surface area contributed by atoms with E-state index in [1.54, 1.807) is 54.9 Å². The third kappa shape index (κ3) is 4.74. The predicted octanol–water partition coefficient (Wildman–Crippen LogP) is 3.61. The first-order valence-corrected chi connectivity index (χ1v) is 11.2. The molecule has 0 bridgehead atoms. The minimum Gasteiger partial charge on any atom is -0.461 e. The smallest absolute Gasteiger partial charge is 0.338 e. The van der Waals surface area contributed by atoms with E-state index in [9.17, 15) is 9.59 Å². The monoisotopic (exact) mass is 469 g/mol. The number of nitrogens with zero attached hydrogens (tertiary/aromatic N) is 4. The summed E-state index contributed by atoms with van der Waals surface area (Å²) in [5.41, 5.74) is 7.95. The maximum Gasteiger partial charge on any atom is 0.338 e. The Bertz CT molecular complexity index is 1370. The first kappa shape index (κ1) is 22.3. The average Bonchev–Trinajstić information content (AvgIpc) is 3.34. The Balaban J connectivity index is 1.38. The fourth-order valence-corrected chi connectivity index (χ4v) is 4.11. The summed E-state index contributed by atoms with van der Waals surface area (Å²) in [4.78, 5) is 38.0. The van der Waals surface area contributed by atoms with E-state index in [-0.39, 0.29) is 18.6 Å². The highest BCUT2D eigenvalue weighted by molar-refractivity contribution is 5.90. The number of aromatic nitrogens is 4. The van der Waals surface area contributed by atoms with Gasteiger partial charge in [0.1, 0.15) is 24.6 Å². The van der Waals surface area contributed by atoms with Gasteiger partial charge in [0, 0.05) is 12.3 Å². The Hall–Kier alpha value is -4.53. The van der Waals surface area contributed by atoms with Gasteiger partial charge in [0.15, 0.2) is 11.5 Å². The molecule has 2 aromatic heterocycles. The third-order valence-corrected chi connectivity index (χ3v) is 5.96. The van der Waals surface area contributed by atoms with Crippen molar-refractivity contribution in [1.82, 2.24) is 19.5 Å². The number of rotatable bonds is 6. The first-order chi connectivity index (χ1) is 17.1. The summed E-state index contributed by atoms with van der Waals surface area (Å²) < 4.78 is 13.4. The van der Waals surface area contributed by atoms with E-state index in [2.05, 4.69) is 15.0 Å². The molecule has 0 spiro atoms. The number of carbonyl (C=O) groups excluding carboxylic acids is 2. The number of nitrogen functional groups attached to an aromatic ring is 1. The molecular weight excluding hydrogens is 446 g/mol. The minimum atomic E-state index is -0.544. The number of imidazole rings is 1. The number of ether oxygens (including phenoxy) is 2. The molecule has 0 radical (unpaired) electrons. The Morgan fingerprint density at radius 2 is 1.60 bits per heavy atom. The van der Waals surface area contributed by atoms with Crippen LogP contribution >= 0.6 is 0 Å². The van der Waals surface area contributed by atoms with E-state index in [0.29, 0.717) is 34.5 Å². The van der Waals surface area contributed by atoms with Crippen LogP contribution in [0.2, 0.25) is 0 Å². The second-order valence-corrected chi connectivity index (χ2v) is 8.21. The molecule has 0 amide bonds. The molecule has 1 aliphatic carbocycles. The van der Waals surface area contributed by atoms with Crippen molar-refractivity contribution >= 4 is 28.9 Å². The van der Waals surface area contributed by atoms with E-state index in [0.717, 1.165) is 0 Å². The largest absolute Gasteiger partial charge is 0.461 e. The van der Waals surface area contributed by atoms with Gasteiger partial charge in [0.05, 0.1) is 23.5 Å². The Morgan fingerprint density at radius 3 is 2.31 bits per heavy atom. The fourth-order valence-electron chi connectivity index (χ4n) is 4.11. The topological polar surface area (TPSA) is 122 Å². The maximum atomic E-state index is 12.9. The second kappa shape index (κ2) is 9.76. The number of benzene rings is 2. The Kier molecular flexibility index (Phi) is 6.21. The van der Waals surface area contributed by atoms with Crippen molar-refractivity contribution in [1.29, 1.82) is 0 Å². The molecule has 2 aromatic carbocycles. The van der Waals surface area contributed by atoms with Crippen molar-refractivity contribution in [3.8, 4) is 0 Å². The zero-order valence-corrected chi connectivity index (χ0v) is 18.7. The van der Waals surface area contributed by atoms with Crippen LogP contribution < -0.4 is 5.73 Å². The highest BCUT2D eigenvalue weighted by Gasteiger charge is 2.32. The summed E-state index contributed by atoms with van der Waals surface area (Å²) in [6.45, 7) is 0.0729. The number of nitrogens with two attached hydrogens (primary N) is 1. The molecule has 2 N–H and O–H groups in total. The van der Waals surface area contributed by atoms with E-state index < -0.39 is 18.0 Å². The lowest BCUT2D eigenvalue weighted by atomic mass is 9.90. The summed E-state index contributed by atoms with van der Waals surface area (Å²) in [6, 6.07) is 17.4. The number of hydrogen-bond acceptors (Lipinski definition) is 8. The molecule has 9 heteroatoms. The molecule has 4 aromatic rings. The van der Waals surface area contributed by atoms with Crippen LogP contribution in [0.5, 0.6) is 0 Å². The molecular formula is C26H23N5O4. The van der Waals surface area contributed by atoms with Crippen molar-refractivity contribution in [2.24, 2.45) is 5.92 Å². The van der Waals surface area contributed by atoms with Gasteiger partial charge in [-0.2, -0.15) is 0 Å². The zero-order chi connectivity index (χ0) is 24.2. The minimum absolute atomic E-state index is 0.0729. The van der Waals surface area contributed by atoms with Gasteiger partial charge >= 0.3 is 11.9 Å². The van der Waals surface area contributed by atoms with Crippen molar-refractivity contribution in [2.75, 3.05) is 12.3 Å². The van der Waals surface area contributed by atoms with Gasteiger partial charge in [-0.25, -0.2) is 24.5 Å². The van der Waals surface area contributed by atoms with Crippen LogP contribution in [-0.4, -0.2) is 44.2 Å². The molecule has 0 aliphatic heterocycles. The number of hydrogen-bond donors (Lipinski definition) is 1. The molecule has 1 aliphatic rings. The molecule has 5 rings (SSSR count). The molecule has 0 saturated carbocycles. The normalized spacial score (nSPS) is 19.4. The summed E-state index contributed by atoms with van der Waals surface area (Å²) in [5, 5.41) is 0. The van der Waals surface area contributed by atoms with E-state index in [1.165, 1.54) is 6.33 Å². The number of anilines is 1. The van der Waals surface area contributed by atoms with E-state index >= 15 is 0 Å². The fraction of sp³-hybridized carbons (Fsp3) is 0.192. The second-order valence-electron chi connectivity index (χ2n) is 8.21. The highest BCUT2D eigenvalue weighted by atomic mass is 16.6. The summed E-state index contributed by atoms with van der Waals surface area (Å²) >= 11 is 0. The number of carbonyl (C=O) groups is 2. The van der Waals surface area contributed by atoms with Gasteiger partial charge in [0.25, 0.3) is 0 Å². The number of fused-ring (bicyclic) bond motifs is 1. The van der Waals surface area contributed by atoms with Gasteiger partial charge in [0.2, 0.25) is 0 Å². The van der Waals surface area contributed by atoms with Gasteiger partial charge in [-0.15, -0.1) is 0 Å². The molecule has 176 valence electrons. The van der Waals surface area contributed by atoms with Crippen LogP contribution in [0, 0.1) is 5.92 Å². The van der Waals surface area contributed by atoms with E-state index in [1.807, 2.05) is 28.9 Å². The van der Waals surface area contributed by atoms with Crippen molar-refractivity contribution in [3.05, 3.63) is 96.6 Å². The zero-order valence-electron chi connectivity index (χ0n) is 18.7. The van der Waals surface area contributed by atoms with Crippen molar-refractivity contribution in [2.45, 2.75) is 18.6 Å². The molecule has 9 nitrogen and oxygen atoms in total. The van der Waals surface area contributed by atoms with Gasteiger partial charge in [-0.05, 0) is 24.3 Å². The Morgan fingerprint density at radius 1 is 0.914 bits per heavy atom. The highest BCUT2D eigenvalue weighted by Crippen LogP contribution is 2.32. The van der Waals surface area contributed by atoms with Crippen molar-refractivity contribution in [3.63, 3.8) is 0 Å². The average molecular weight is 470 g/mol. The van der Waals surface area contributed by atoms with Gasteiger partial charge in [-0.3, -0.25) is 0 Å². The molecule has 35 heavy (non-hydrogen) atoms. The summed E-state index contributed by atoms with van der Waals surface area (Å²) in [7, 11) is 0. The molecule has 3 atom stereocenters. The maximum absolute atomic E-state index is 12.9. The van der Waals surface area contributed by atoms with Crippen LogP contribution in [0.4, 0.5) is 5.82 Å². The SMILES string of the molecule is Nc1ncnc2c1ncn2[C@H]1C=C[C@@H](COC(=O)c2ccccc2)[C@H](OC(=O)c2ccccc2)C1. The molecule has 0 saturated heterocycles. The van der Waals surface area contributed by atoms with Crippen molar-refractivity contribution < 1.29 is 19.1 Å². The van der Waals surface area contributed by atoms with Crippen LogP contribution in [0.15, 0.2) is 85.5 Å². The third-order valence-electron chi connectivity index (χ3n) is 5.96. The lowest BCUT2D eigenvalue weighted by Crippen LogP contribution is -2.35. The van der Waals surface area contributed by atoms with Gasteiger partial charge in [-0.1, -0.05) is 48.6 Å². The van der Waals surface area contributed by atoms with Crippen LogP contribution in [-0.2, 0) is 9.47 Å². The quantitative estimate of drug-likeness (QED) is 0.336. The lowest BCUT2D eigenvalue weighted by molar-refractivity contribution is -0.00246. The number of allylic oxidation sites excluding steroid dienone is 1. The van der Waals surface area contributed by atoms with Gasteiger partial charge < -0.3 is 19.8 Å².